The van der Waals surface area contributed by atoms with E-state index in [0.717, 1.165) is 37.7 Å². The van der Waals surface area contributed by atoms with Crippen LogP contribution in [0.15, 0.2) is 30.3 Å². The minimum Gasteiger partial charge on any atom is -0.462 e. The van der Waals surface area contributed by atoms with Crippen LogP contribution in [0.25, 0.3) is 0 Å². The highest BCUT2D eigenvalue weighted by molar-refractivity contribution is 5.92. The van der Waals surface area contributed by atoms with E-state index < -0.39 is 59.6 Å². The average molecular weight is 603 g/mol. The van der Waals surface area contributed by atoms with Crippen LogP contribution in [0.3, 0.4) is 0 Å². The van der Waals surface area contributed by atoms with E-state index in [1.54, 1.807) is 20.8 Å². The maximum atomic E-state index is 13.6. The largest absolute Gasteiger partial charge is 0.462 e. The van der Waals surface area contributed by atoms with Gasteiger partial charge in [-0.2, -0.15) is 0 Å². The van der Waals surface area contributed by atoms with E-state index in [9.17, 15) is 29.1 Å². The Morgan fingerprint density at radius 1 is 1.07 bits per heavy atom. The molecule has 1 saturated heterocycles. The van der Waals surface area contributed by atoms with Crippen molar-refractivity contribution in [1.82, 2.24) is 21.3 Å². The predicted molar refractivity (Wildman–Crippen MR) is 158 cm³/mol. The number of rotatable bonds is 7. The van der Waals surface area contributed by atoms with Crippen molar-refractivity contribution in [1.29, 1.82) is 0 Å². The van der Waals surface area contributed by atoms with E-state index in [1.165, 1.54) is 0 Å². The third kappa shape index (κ3) is 11.9. The minimum atomic E-state index is -1.61. The van der Waals surface area contributed by atoms with Crippen LogP contribution < -0.4 is 21.3 Å². The molecule has 12 nitrogen and oxygen atoms in total. The van der Waals surface area contributed by atoms with Crippen LogP contribution in [0.5, 0.6) is 0 Å². The van der Waals surface area contributed by atoms with Gasteiger partial charge in [0.25, 0.3) is 0 Å². The first kappa shape index (κ1) is 33.8. The molecule has 0 spiro atoms. The molecule has 4 amide bonds. The van der Waals surface area contributed by atoms with Crippen molar-refractivity contribution in [2.24, 2.45) is 5.92 Å². The van der Waals surface area contributed by atoms with Crippen molar-refractivity contribution in [3.8, 4) is 0 Å². The van der Waals surface area contributed by atoms with Crippen molar-refractivity contribution in [2.75, 3.05) is 13.2 Å². The second kappa shape index (κ2) is 16.3. The Hall–Kier alpha value is -3.67. The van der Waals surface area contributed by atoms with Gasteiger partial charge in [0.2, 0.25) is 17.7 Å². The molecule has 0 unspecified atom stereocenters. The van der Waals surface area contributed by atoms with Gasteiger partial charge in [0.15, 0.2) is 6.10 Å². The summed E-state index contributed by atoms with van der Waals surface area (Å²) in [6.45, 7) is 5.03. The molecule has 0 radical (unpaired) electrons. The molecular weight excluding hydrogens is 556 g/mol. The SMILES string of the molecule is CC(C)(C)OC(=O)N[C@@H](Cc1ccccc1)C(=O)N[C@H]1CCC(=O)NCCOC(=O)[C@H](O)[C@H](CC2CCCCC2)NC1=O. The fourth-order valence-corrected chi connectivity index (χ4v) is 5.34. The van der Waals surface area contributed by atoms with E-state index in [0.29, 0.717) is 6.42 Å². The normalized spacial score (nSPS) is 23.6. The van der Waals surface area contributed by atoms with Gasteiger partial charge in [-0.15, -0.1) is 0 Å². The molecule has 1 aromatic carbocycles. The number of cyclic esters (lactones) is 1. The summed E-state index contributed by atoms with van der Waals surface area (Å²) < 4.78 is 10.5. The number of ether oxygens (including phenoxy) is 2. The number of nitrogens with one attached hydrogen (secondary N) is 4. The van der Waals surface area contributed by atoms with Gasteiger partial charge in [-0.05, 0) is 45.1 Å². The Labute approximate surface area is 253 Å². The molecule has 2 fully saturated rings. The number of carbonyl (C=O) groups is 5. The first-order chi connectivity index (χ1) is 20.4. The van der Waals surface area contributed by atoms with Crippen molar-refractivity contribution in [3.05, 3.63) is 35.9 Å². The number of alkyl carbamates (subject to hydrolysis) is 1. The van der Waals surface area contributed by atoms with Gasteiger partial charge in [0.1, 0.15) is 24.3 Å². The highest BCUT2D eigenvalue weighted by Crippen LogP contribution is 2.28. The third-order valence-electron chi connectivity index (χ3n) is 7.51. The molecule has 12 heteroatoms. The summed E-state index contributed by atoms with van der Waals surface area (Å²) in [6, 6.07) is 5.84. The van der Waals surface area contributed by atoms with E-state index >= 15 is 0 Å². The summed E-state index contributed by atoms with van der Waals surface area (Å²) in [5.74, 6) is -2.37. The van der Waals surface area contributed by atoms with E-state index in [1.807, 2.05) is 30.3 Å². The van der Waals surface area contributed by atoms with E-state index in [4.69, 9.17) is 9.47 Å². The number of aliphatic hydroxyl groups is 1. The lowest BCUT2D eigenvalue weighted by molar-refractivity contribution is -0.156. The van der Waals surface area contributed by atoms with E-state index in [-0.39, 0.29) is 38.3 Å². The first-order valence-electron chi connectivity index (χ1n) is 15.2. The Morgan fingerprint density at radius 2 is 1.77 bits per heavy atom. The summed E-state index contributed by atoms with van der Waals surface area (Å²) >= 11 is 0. The van der Waals surface area contributed by atoms with Crippen LogP contribution in [-0.4, -0.2) is 77.9 Å². The van der Waals surface area contributed by atoms with Crippen LogP contribution in [0.1, 0.15) is 77.7 Å². The highest BCUT2D eigenvalue weighted by Gasteiger charge is 2.35. The first-order valence-corrected chi connectivity index (χ1v) is 15.2. The lowest BCUT2D eigenvalue weighted by Crippen LogP contribution is -2.57. The molecule has 2 aliphatic rings. The Morgan fingerprint density at radius 3 is 2.44 bits per heavy atom. The van der Waals surface area contributed by atoms with Gasteiger partial charge in [0.05, 0.1) is 12.6 Å². The number of hydrogen-bond donors (Lipinski definition) is 5. The fraction of sp³-hybridized carbons (Fsp3) is 0.645. The molecule has 4 atom stereocenters. The average Bonchev–Trinajstić information content (AvgIpc) is 2.96. The molecule has 1 aromatic rings. The molecule has 0 bridgehead atoms. The van der Waals surface area contributed by atoms with Crippen molar-refractivity contribution < 1.29 is 38.6 Å². The molecule has 238 valence electrons. The topological polar surface area (TPSA) is 172 Å². The van der Waals surface area contributed by atoms with Gasteiger partial charge < -0.3 is 35.8 Å². The molecule has 3 rings (SSSR count). The van der Waals surface area contributed by atoms with Gasteiger partial charge in [0, 0.05) is 12.8 Å². The molecule has 1 saturated carbocycles. The highest BCUT2D eigenvalue weighted by atomic mass is 16.6. The Bertz CT molecular complexity index is 1100. The lowest BCUT2D eigenvalue weighted by atomic mass is 9.83. The predicted octanol–water partition coefficient (Wildman–Crippen LogP) is 1.88. The maximum Gasteiger partial charge on any atom is 0.408 e. The Kier molecular flexibility index (Phi) is 12.8. The summed E-state index contributed by atoms with van der Waals surface area (Å²) in [4.78, 5) is 64.9. The number of amides is 4. The van der Waals surface area contributed by atoms with Gasteiger partial charge >= 0.3 is 12.1 Å². The standard InChI is InChI=1S/C31H46N4O8/c1-31(2,3)43-30(41)35-24(19-21-12-8-5-9-13-21)28(39)33-22-14-15-25(36)32-16-17-42-29(40)26(37)23(34-27(22)38)18-20-10-6-4-7-11-20/h5,8-9,12-13,20,22-24,26,37H,4,6-7,10-11,14-19H2,1-3H3,(H,32,36)(H,33,39)(H,34,38)(H,35,41)/t22-,23-,24-,26+/m0/s1. The molecular formula is C31H46N4O8. The number of benzene rings is 1. The summed E-state index contributed by atoms with van der Waals surface area (Å²) in [6.07, 6.45) is 2.97. The zero-order chi connectivity index (χ0) is 31.4. The van der Waals surface area contributed by atoms with E-state index in [2.05, 4.69) is 21.3 Å². The molecule has 1 aliphatic carbocycles. The van der Waals surface area contributed by atoms with Crippen LogP contribution >= 0.6 is 0 Å². The minimum absolute atomic E-state index is 0.0436. The molecule has 1 heterocycles. The van der Waals surface area contributed by atoms with Crippen molar-refractivity contribution in [3.63, 3.8) is 0 Å². The van der Waals surface area contributed by atoms with Crippen LogP contribution in [0.2, 0.25) is 0 Å². The fourth-order valence-electron chi connectivity index (χ4n) is 5.34. The number of esters is 1. The second-order valence-electron chi connectivity index (χ2n) is 12.3. The molecule has 43 heavy (non-hydrogen) atoms. The third-order valence-corrected chi connectivity index (χ3v) is 7.51. The zero-order valence-electron chi connectivity index (χ0n) is 25.4. The summed E-state index contributed by atoms with van der Waals surface area (Å²) in [7, 11) is 0. The van der Waals surface area contributed by atoms with Crippen LogP contribution in [0, 0.1) is 5.92 Å². The quantitative estimate of drug-likeness (QED) is 0.294. The summed E-state index contributed by atoms with van der Waals surface area (Å²) in [5, 5.41) is 21.6. The summed E-state index contributed by atoms with van der Waals surface area (Å²) in [5.41, 5.74) is -0.0289. The molecule has 0 aromatic heterocycles. The van der Waals surface area contributed by atoms with Crippen LogP contribution in [0.4, 0.5) is 4.79 Å². The monoisotopic (exact) mass is 602 g/mol. The number of hydrogen-bond acceptors (Lipinski definition) is 8. The van der Waals surface area contributed by atoms with Crippen LogP contribution in [-0.2, 0) is 35.1 Å². The maximum absolute atomic E-state index is 13.6. The Balaban J connectivity index is 1.82. The van der Waals surface area contributed by atoms with Gasteiger partial charge in [-0.1, -0.05) is 62.4 Å². The van der Waals surface area contributed by atoms with Gasteiger partial charge in [-0.3, -0.25) is 14.4 Å². The number of aliphatic hydroxyl groups excluding tert-OH is 1. The molecule has 5 N–H and O–H groups in total. The smallest absolute Gasteiger partial charge is 0.408 e. The number of carbonyl (C=O) groups excluding carboxylic acids is 5. The van der Waals surface area contributed by atoms with Crippen molar-refractivity contribution >= 4 is 29.8 Å². The van der Waals surface area contributed by atoms with Gasteiger partial charge in [-0.25, -0.2) is 9.59 Å². The van der Waals surface area contributed by atoms with Crippen molar-refractivity contribution in [2.45, 2.75) is 108 Å². The zero-order valence-corrected chi connectivity index (χ0v) is 25.4. The molecule has 1 aliphatic heterocycles. The second-order valence-corrected chi connectivity index (χ2v) is 12.3. The lowest BCUT2D eigenvalue weighted by Gasteiger charge is -2.31.